The molecule has 3 aromatic rings. The molecule has 11 heteroatoms. The molecule has 30 heavy (non-hydrogen) atoms. The van der Waals surface area contributed by atoms with E-state index < -0.39 is 12.0 Å². The van der Waals surface area contributed by atoms with E-state index in [0.717, 1.165) is 5.56 Å². The number of halogens is 4. The molecule has 1 fully saturated rings. The lowest BCUT2D eigenvalue weighted by molar-refractivity contribution is -0.146. The minimum atomic E-state index is -4.64. The first-order valence-corrected chi connectivity index (χ1v) is 9.76. The van der Waals surface area contributed by atoms with Gasteiger partial charge in [-0.3, -0.25) is 4.79 Å². The minimum absolute atomic E-state index is 0.0277. The Morgan fingerprint density at radius 3 is 2.57 bits per heavy atom. The van der Waals surface area contributed by atoms with Crippen molar-refractivity contribution in [3.8, 4) is 0 Å². The van der Waals surface area contributed by atoms with Crippen LogP contribution < -0.4 is 10.2 Å². The second-order valence-corrected chi connectivity index (χ2v) is 7.46. The number of hydrogen-bond donors (Lipinski definition) is 1. The molecule has 0 bridgehead atoms. The maximum absolute atomic E-state index is 13.1. The molecular weight excluding hydrogens is 421 g/mol. The van der Waals surface area contributed by atoms with E-state index in [4.69, 9.17) is 11.6 Å². The number of fused-ring (bicyclic) bond motifs is 1. The average molecular weight is 439 g/mol. The summed E-state index contributed by atoms with van der Waals surface area (Å²) in [4.78, 5) is 14.3. The summed E-state index contributed by atoms with van der Waals surface area (Å²) in [5.41, 5.74) is 0.872. The van der Waals surface area contributed by atoms with Gasteiger partial charge in [-0.25, -0.2) is 0 Å². The van der Waals surface area contributed by atoms with E-state index >= 15 is 0 Å². The molecule has 1 aliphatic heterocycles. The van der Waals surface area contributed by atoms with Gasteiger partial charge in [0.1, 0.15) is 5.82 Å². The molecule has 7 nitrogen and oxygen atoms in total. The molecule has 158 valence electrons. The highest BCUT2D eigenvalue weighted by Gasteiger charge is 2.38. The van der Waals surface area contributed by atoms with Crippen LogP contribution in [0.4, 0.5) is 19.0 Å². The number of nitrogens with one attached hydrogen (secondary N) is 1. The Balaban J connectivity index is 1.38. The van der Waals surface area contributed by atoms with Crippen LogP contribution in [-0.2, 0) is 17.5 Å². The molecule has 0 unspecified atom stereocenters. The summed E-state index contributed by atoms with van der Waals surface area (Å²) in [5, 5.41) is 14.3. The molecule has 1 aliphatic rings. The lowest BCUT2D eigenvalue weighted by atomic mass is 9.96. The van der Waals surface area contributed by atoms with Crippen LogP contribution in [0.2, 0.25) is 5.02 Å². The number of carbonyl (C=O) groups is 1. The van der Waals surface area contributed by atoms with Crippen LogP contribution in [0, 0.1) is 5.92 Å². The van der Waals surface area contributed by atoms with Gasteiger partial charge >= 0.3 is 6.18 Å². The second-order valence-electron chi connectivity index (χ2n) is 7.05. The highest BCUT2D eigenvalue weighted by Crippen LogP contribution is 2.28. The molecule has 1 N–H and O–H groups in total. The van der Waals surface area contributed by atoms with E-state index in [2.05, 4.69) is 20.6 Å². The van der Waals surface area contributed by atoms with Crippen LogP contribution in [-0.4, -0.2) is 38.8 Å². The van der Waals surface area contributed by atoms with Crippen molar-refractivity contribution in [1.82, 2.24) is 25.1 Å². The van der Waals surface area contributed by atoms with Gasteiger partial charge in [0.05, 0.1) is 0 Å². The van der Waals surface area contributed by atoms with Gasteiger partial charge in [0, 0.05) is 30.6 Å². The largest absolute Gasteiger partial charge is 0.453 e. The fraction of sp³-hybridized carbons (Fsp3) is 0.368. The molecule has 0 atom stereocenters. The molecule has 4 rings (SSSR count). The van der Waals surface area contributed by atoms with Gasteiger partial charge in [0.2, 0.25) is 5.91 Å². The van der Waals surface area contributed by atoms with Crippen molar-refractivity contribution in [2.45, 2.75) is 25.6 Å². The molecule has 0 saturated carbocycles. The monoisotopic (exact) mass is 438 g/mol. The number of amides is 1. The molecule has 1 amide bonds. The zero-order chi connectivity index (χ0) is 21.3. The van der Waals surface area contributed by atoms with E-state index in [1.165, 1.54) is 6.07 Å². The first-order chi connectivity index (χ1) is 14.3. The molecule has 1 saturated heterocycles. The third-order valence-electron chi connectivity index (χ3n) is 5.10. The third-order valence-corrected chi connectivity index (χ3v) is 5.47. The van der Waals surface area contributed by atoms with Crippen molar-refractivity contribution in [3.63, 3.8) is 0 Å². The SMILES string of the molecule is O=C(NCc1ccccc1Cl)C1CCN(c2ccc3nnc(C(F)(F)F)n3n2)CC1. The Kier molecular flexibility index (Phi) is 5.50. The number of anilines is 1. The number of hydrogen-bond acceptors (Lipinski definition) is 5. The first kappa shape index (κ1) is 20.4. The van der Waals surface area contributed by atoms with Gasteiger partial charge in [0.25, 0.3) is 5.82 Å². The molecule has 2 aromatic heterocycles. The Morgan fingerprint density at radius 2 is 1.87 bits per heavy atom. The lowest BCUT2D eigenvalue weighted by Crippen LogP contribution is -2.40. The summed E-state index contributed by atoms with van der Waals surface area (Å²) in [7, 11) is 0. The fourth-order valence-electron chi connectivity index (χ4n) is 3.46. The minimum Gasteiger partial charge on any atom is -0.355 e. The summed E-state index contributed by atoms with van der Waals surface area (Å²) in [6, 6.07) is 10.4. The number of piperidine rings is 1. The van der Waals surface area contributed by atoms with Crippen molar-refractivity contribution >= 4 is 29.0 Å². The highest BCUT2D eigenvalue weighted by molar-refractivity contribution is 6.31. The number of carbonyl (C=O) groups excluding carboxylic acids is 1. The molecule has 0 radical (unpaired) electrons. The number of rotatable bonds is 4. The van der Waals surface area contributed by atoms with Crippen LogP contribution in [0.3, 0.4) is 0 Å². The van der Waals surface area contributed by atoms with Crippen molar-refractivity contribution in [2.75, 3.05) is 18.0 Å². The van der Waals surface area contributed by atoms with Gasteiger partial charge in [-0.2, -0.15) is 17.7 Å². The first-order valence-electron chi connectivity index (χ1n) is 9.38. The zero-order valence-electron chi connectivity index (χ0n) is 15.7. The normalized spacial score (nSPS) is 15.5. The smallest absolute Gasteiger partial charge is 0.355 e. The van der Waals surface area contributed by atoms with Gasteiger partial charge in [-0.15, -0.1) is 15.3 Å². The van der Waals surface area contributed by atoms with Crippen LogP contribution in [0.15, 0.2) is 36.4 Å². The van der Waals surface area contributed by atoms with Gasteiger partial charge < -0.3 is 10.2 Å². The van der Waals surface area contributed by atoms with Gasteiger partial charge in [-0.05, 0) is 36.6 Å². The number of aromatic nitrogens is 4. The van der Waals surface area contributed by atoms with Crippen molar-refractivity contribution < 1.29 is 18.0 Å². The Bertz CT molecular complexity index is 1060. The van der Waals surface area contributed by atoms with Crippen molar-refractivity contribution in [1.29, 1.82) is 0 Å². The predicted octanol–water partition coefficient (Wildman–Crippen LogP) is 3.33. The summed E-state index contributed by atoms with van der Waals surface area (Å²) >= 11 is 6.11. The van der Waals surface area contributed by atoms with Gasteiger partial charge in [0.15, 0.2) is 5.65 Å². The van der Waals surface area contributed by atoms with E-state index in [0.29, 0.717) is 47.8 Å². The van der Waals surface area contributed by atoms with E-state index in [1.54, 1.807) is 12.1 Å². The third kappa shape index (κ3) is 4.18. The summed E-state index contributed by atoms with van der Waals surface area (Å²) in [5.74, 6) is -1.000. The quantitative estimate of drug-likeness (QED) is 0.676. The molecule has 0 aliphatic carbocycles. The van der Waals surface area contributed by atoms with E-state index in [9.17, 15) is 18.0 Å². The summed E-state index contributed by atoms with van der Waals surface area (Å²) < 4.78 is 39.9. The average Bonchev–Trinajstić information content (AvgIpc) is 3.17. The van der Waals surface area contributed by atoms with Crippen LogP contribution >= 0.6 is 11.6 Å². The topological polar surface area (TPSA) is 75.4 Å². The standard InChI is InChI=1S/C19H18ClF3N6O/c20-14-4-2-1-3-13(14)11-24-17(30)12-7-9-28(10-8-12)16-6-5-15-25-26-18(19(21,22)23)29(15)27-16/h1-6,12H,7-11H2,(H,24,30). The molecular formula is C19H18ClF3N6O. The molecule has 3 heterocycles. The maximum Gasteiger partial charge on any atom is 0.453 e. The molecule has 0 spiro atoms. The van der Waals surface area contributed by atoms with E-state index in [1.807, 2.05) is 23.1 Å². The van der Waals surface area contributed by atoms with Crippen molar-refractivity contribution in [2.24, 2.45) is 5.92 Å². The summed E-state index contributed by atoms with van der Waals surface area (Å²) in [6.07, 6.45) is -3.50. The molecule has 1 aromatic carbocycles. The Hall–Kier alpha value is -2.88. The maximum atomic E-state index is 13.1. The van der Waals surface area contributed by atoms with Crippen molar-refractivity contribution in [3.05, 3.63) is 52.8 Å². The number of nitrogens with zero attached hydrogens (tertiary/aromatic N) is 5. The van der Waals surface area contributed by atoms with Gasteiger partial charge in [-0.1, -0.05) is 29.8 Å². The zero-order valence-corrected chi connectivity index (χ0v) is 16.5. The van der Waals surface area contributed by atoms with Crippen LogP contribution in [0.25, 0.3) is 5.65 Å². The van der Waals surface area contributed by atoms with Crippen LogP contribution in [0.1, 0.15) is 24.2 Å². The lowest BCUT2D eigenvalue weighted by Gasteiger charge is -2.32. The van der Waals surface area contributed by atoms with Crippen LogP contribution in [0.5, 0.6) is 0 Å². The second kappa shape index (κ2) is 8.10. The summed E-state index contributed by atoms with van der Waals surface area (Å²) in [6.45, 7) is 1.36. The number of alkyl halides is 3. The number of benzene rings is 1. The highest BCUT2D eigenvalue weighted by atomic mass is 35.5. The predicted molar refractivity (Wildman–Crippen MR) is 104 cm³/mol. The fourth-order valence-corrected chi connectivity index (χ4v) is 3.67. The van der Waals surface area contributed by atoms with E-state index in [-0.39, 0.29) is 17.5 Å². The Morgan fingerprint density at radius 1 is 1.13 bits per heavy atom. The Labute approximate surface area is 174 Å².